The quantitative estimate of drug-likeness (QED) is 0.248. The molecule has 36 heavy (non-hydrogen) atoms. The van der Waals surface area contributed by atoms with Crippen LogP contribution in [0.5, 0.6) is 5.75 Å². The predicted octanol–water partition coefficient (Wildman–Crippen LogP) is 8.66. The Labute approximate surface area is 218 Å². The molecule has 0 atom stereocenters. The van der Waals surface area contributed by atoms with E-state index in [0.29, 0.717) is 23.3 Å². The zero-order valence-electron chi connectivity index (χ0n) is 22.3. The van der Waals surface area contributed by atoms with Gasteiger partial charge in [0.15, 0.2) is 0 Å². The maximum absolute atomic E-state index is 12.5. The average Bonchev–Trinajstić information content (AvgIpc) is 2.93. The van der Waals surface area contributed by atoms with Crippen LogP contribution in [0.2, 0.25) is 0 Å². The van der Waals surface area contributed by atoms with E-state index in [1.807, 2.05) is 48.5 Å². The minimum atomic E-state index is -0.307. The molecule has 3 heteroatoms. The summed E-state index contributed by atoms with van der Waals surface area (Å²) in [4.78, 5) is 12.5. The lowest BCUT2D eigenvalue weighted by Crippen LogP contribution is -2.28. The van der Waals surface area contributed by atoms with Crippen molar-refractivity contribution in [1.82, 2.24) is 0 Å². The van der Waals surface area contributed by atoms with Crippen LogP contribution in [0.4, 0.5) is 0 Å². The van der Waals surface area contributed by atoms with Crippen molar-refractivity contribution in [3.05, 3.63) is 71.3 Å². The van der Waals surface area contributed by atoms with Gasteiger partial charge in [-0.2, -0.15) is 0 Å². The topological polar surface area (TPSA) is 35.5 Å². The van der Waals surface area contributed by atoms with Gasteiger partial charge in [0, 0.05) is 6.61 Å². The summed E-state index contributed by atoms with van der Waals surface area (Å²) in [5, 5.41) is 0. The van der Waals surface area contributed by atoms with E-state index in [0.717, 1.165) is 43.3 Å². The third-order valence-corrected chi connectivity index (χ3v) is 8.14. The molecule has 0 radical (unpaired) electrons. The van der Waals surface area contributed by atoms with Gasteiger partial charge in [-0.1, -0.05) is 56.7 Å². The van der Waals surface area contributed by atoms with Gasteiger partial charge in [0.05, 0.1) is 11.7 Å². The number of hydrogen-bond donors (Lipinski definition) is 0. The molecular weight excluding hydrogens is 444 g/mol. The third kappa shape index (κ3) is 7.80. The van der Waals surface area contributed by atoms with E-state index in [1.165, 1.54) is 56.9 Å². The first-order chi connectivity index (χ1) is 17.6. The van der Waals surface area contributed by atoms with Gasteiger partial charge in [0.25, 0.3) is 0 Å². The number of benzene rings is 2. The monoisotopic (exact) mass is 488 g/mol. The van der Waals surface area contributed by atoms with E-state index in [4.69, 9.17) is 9.47 Å². The molecule has 4 rings (SSSR count). The minimum Gasteiger partial charge on any atom is -0.423 e. The summed E-state index contributed by atoms with van der Waals surface area (Å²) in [6.45, 7) is 5.28. The molecule has 0 aromatic heterocycles. The van der Waals surface area contributed by atoms with Crippen LogP contribution in [0.15, 0.2) is 54.6 Å². The number of hydrogen-bond acceptors (Lipinski definition) is 3. The van der Waals surface area contributed by atoms with Crippen LogP contribution in [0.1, 0.15) is 99.5 Å². The van der Waals surface area contributed by atoms with Crippen LogP contribution in [0.25, 0.3) is 6.08 Å². The average molecular weight is 489 g/mol. The van der Waals surface area contributed by atoms with Crippen LogP contribution in [-0.4, -0.2) is 18.7 Å². The second-order valence-electron chi connectivity index (χ2n) is 10.8. The first-order valence-electron chi connectivity index (χ1n) is 14.4. The van der Waals surface area contributed by atoms with E-state index >= 15 is 0 Å². The van der Waals surface area contributed by atoms with Crippen LogP contribution in [0, 0.1) is 17.8 Å². The van der Waals surface area contributed by atoms with Crippen molar-refractivity contribution in [3.63, 3.8) is 0 Å². The molecule has 0 N–H and O–H groups in total. The molecule has 0 amide bonds. The molecule has 2 saturated carbocycles. The van der Waals surface area contributed by atoms with Gasteiger partial charge in [0.1, 0.15) is 5.75 Å². The van der Waals surface area contributed by atoms with Crippen molar-refractivity contribution in [2.75, 3.05) is 6.61 Å². The largest absolute Gasteiger partial charge is 0.423 e. The highest BCUT2D eigenvalue weighted by molar-refractivity contribution is 5.91. The molecule has 3 nitrogen and oxygen atoms in total. The highest BCUT2D eigenvalue weighted by Gasteiger charge is 2.30. The number of rotatable bonds is 10. The summed E-state index contributed by atoms with van der Waals surface area (Å²) in [5.74, 6) is 2.79. The predicted molar refractivity (Wildman–Crippen MR) is 148 cm³/mol. The van der Waals surface area contributed by atoms with Crippen molar-refractivity contribution < 1.29 is 14.3 Å². The Morgan fingerprint density at radius 2 is 1.44 bits per heavy atom. The molecule has 2 aliphatic rings. The Bertz CT molecular complexity index is 943. The van der Waals surface area contributed by atoms with Gasteiger partial charge in [-0.15, -0.1) is 0 Å². The smallest absolute Gasteiger partial charge is 0.343 e. The van der Waals surface area contributed by atoms with Crippen molar-refractivity contribution >= 4 is 12.0 Å². The molecule has 0 spiro atoms. The van der Waals surface area contributed by atoms with Crippen molar-refractivity contribution in [2.24, 2.45) is 17.8 Å². The maximum atomic E-state index is 12.5. The fourth-order valence-corrected chi connectivity index (χ4v) is 5.98. The summed E-state index contributed by atoms with van der Waals surface area (Å²) < 4.78 is 11.5. The highest BCUT2D eigenvalue weighted by atomic mass is 16.5. The minimum absolute atomic E-state index is 0.307. The fourth-order valence-electron chi connectivity index (χ4n) is 5.98. The molecule has 2 aromatic carbocycles. The summed E-state index contributed by atoms with van der Waals surface area (Å²) in [5.41, 5.74) is 2.99. The maximum Gasteiger partial charge on any atom is 0.343 e. The second kappa shape index (κ2) is 13.8. The van der Waals surface area contributed by atoms with Crippen molar-refractivity contribution in [2.45, 2.75) is 90.6 Å². The standard InChI is InChI=1S/C33H44O3/c1-3-5-25-12-20-32(21-13-25)36-33(34)30-16-10-27(11-17-30)7-6-26-8-14-28(15-9-26)29-18-22-31(23-19-29)35-24-4-2/h6-7,10-13,16-17,20-21,26,28-29,31H,3-5,8-9,14-15,18-19,22-24H2,1-2H3/b7-6+. The van der Waals surface area contributed by atoms with Crippen molar-refractivity contribution in [1.29, 1.82) is 0 Å². The van der Waals surface area contributed by atoms with E-state index in [1.54, 1.807) is 0 Å². The Balaban J connectivity index is 1.20. The fraction of sp³-hybridized carbons (Fsp3) is 0.545. The number of allylic oxidation sites excluding steroid dienone is 1. The lowest BCUT2D eigenvalue weighted by atomic mass is 9.70. The Kier molecular flexibility index (Phi) is 10.2. The molecule has 0 unspecified atom stereocenters. The molecule has 0 bridgehead atoms. The lowest BCUT2D eigenvalue weighted by molar-refractivity contribution is 0.00797. The number of aryl methyl sites for hydroxylation is 1. The van der Waals surface area contributed by atoms with Crippen molar-refractivity contribution in [3.8, 4) is 5.75 Å². The molecule has 2 fully saturated rings. The third-order valence-electron chi connectivity index (χ3n) is 8.14. The number of carbonyl (C=O) groups excluding carboxylic acids is 1. The molecule has 0 aliphatic heterocycles. The summed E-state index contributed by atoms with van der Waals surface area (Å²) in [6, 6.07) is 15.6. The second-order valence-corrected chi connectivity index (χ2v) is 10.8. The summed E-state index contributed by atoms with van der Waals surface area (Å²) in [6.07, 6.45) is 19.0. The molecule has 0 saturated heterocycles. The summed E-state index contributed by atoms with van der Waals surface area (Å²) >= 11 is 0. The van der Waals surface area contributed by atoms with Gasteiger partial charge < -0.3 is 9.47 Å². The Morgan fingerprint density at radius 3 is 2.06 bits per heavy atom. The lowest BCUT2D eigenvalue weighted by Gasteiger charge is -2.37. The van der Waals surface area contributed by atoms with Gasteiger partial charge in [-0.25, -0.2) is 4.79 Å². The first-order valence-corrected chi connectivity index (χ1v) is 14.4. The van der Waals surface area contributed by atoms with Gasteiger partial charge >= 0.3 is 5.97 Å². The molecule has 2 aliphatic carbocycles. The molecular formula is C33H44O3. The van der Waals surface area contributed by atoms with Gasteiger partial charge in [0.2, 0.25) is 0 Å². The Hall–Kier alpha value is -2.39. The van der Waals surface area contributed by atoms with E-state index in [9.17, 15) is 4.79 Å². The SMILES string of the molecule is CCCOC1CCC(C2CCC(/C=C/c3ccc(C(=O)Oc4ccc(CCC)cc4)cc3)CC2)CC1. The number of ether oxygens (including phenoxy) is 2. The van der Waals surface area contributed by atoms with Crippen LogP contribution < -0.4 is 4.74 Å². The van der Waals surface area contributed by atoms with Crippen LogP contribution in [0.3, 0.4) is 0 Å². The van der Waals surface area contributed by atoms with Crippen LogP contribution >= 0.6 is 0 Å². The molecule has 2 aromatic rings. The summed E-state index contributed by atoms with van der Waals surface area (Å²) in [7, 11) is 0. The zero-order valence-corrected chi connectivity index (χ0v) is 22.3. The van der Waals surface area contributed by atoms with E-state index in [2.05, 4.69) is 26.0 Å². The number of esters is 1. The first kappa shape index (κ1) is 26.7. The van der Waals surface area contributed by atoms with Gasteiger partial charge in [-0.05, 0) is 117 Å². The highest BCUT2D eigenvalue weighted by Crippen LogP contribution is 2.41. The normalized spacial score (nSPS) is 24.6. The Morgan fingerprint density at radius 1 is 0.806 bits per heavy atom. The molecule has 0 heterocycles. The van der Waals surface area contributed by atoms with Gasteiger partial charge in [-0.3, -0.25) is 0 Å². The van der Waals surface area contributed by atoms with Crippen LogP contribution in [-0.2, 0) is 11.2 Å². The zero-order chi connectivity index (χ0) is 25.2. The molecule has 194 valence electrons. The van der Waals surface area contributed by atoms with E-state index < -0.39 is 0 Å². The van der Waals surface area contributed by atoms with E-state index in [-0.39, 0.29) is 5.97 Å². The number of carbonyl (C=O) groups is 1.